The summed E-state index contributed by atoms with van der Waals surface area (Å²) in [6.45, 7) is 5.95. The number of aliphatic carboxylic acids is 1. The average molecular weight is 278 g/mol. The maximum Gasteiger partial charge on any atom is 0.309 e. The second-order valence-electron chi connectivity index (χ2n) is 7.33. The first-order valence-corrected chi connectivity index (χ1v) is 7.37. The Labute approximate surface area is 119 Å². The van der Waals surface area contributed by atoms with Crippen molar-refractivity contribution in [3.05, 3.63) is 12.2 Å². The molecule has 0 aromatic rings. The van der Waals surface area contributed by atoms with Crippen LogP contribution < -0.4 is 0 Å². The molecule has 4 heteroatoms. The number of hydrogen-bond donors (Lipinski definition) is 1. The van der Waals surface area contributed by atoms with E-state index in [0.29, 0.717) is 12.8 Å². The van der Waals surface area contributed by atoms with E-state index in [2.05, 4.69) is 6.92 Å². The summed E-state index contributed by atoms with van der Waals surface area (Å²) in [5.74, 6) is -0.844. The zero-order valence-corrected chi connectivity index (χ0v) is 12.3. The van der Waals surface area contributed by atoms with Gasteiger partial charge in [0.1, 0.15) is 5.60 Å². The van der Waals surface area contributed by atoms with Gasteiger partial charge in [-0.1, -0.05) is 19.4 Å². The van der Waals surface area contributed by atoms with Crippen molar-refractivity contribution in [2.24, 2.45) is 22.7 Å². The van der Waals surface area contributed by atoms with Crippen LogP contribution in [-0.2, 0) is 14.3 Å². The van der Waals surface area contributed by atoms with Gasteiger partial charge in [-0.15, -0.1) is 0 Å². The van der Waals surface area contributed by atoms with Crippen molar-refractivity contribution in [1.82, 2.24) is 0 Å². The lowest BCUT2D eigenvalue weighted by Gasteiger charge is -2.56. The zero-order chi connectivity index (χ0) is 14.8. The summed E-state index contributed by atoms with van der Waals surface area (Å²) in [6.07, 6.45) is 6.89. The van der Waals surface area contributed by atoms with Crippen LogP contribution in [0.4, 0.5) is 0 Å². The number of ether oxygens (including phenoxy) is 1. The fourth-order valence-corrected chi connectivity index (χ4v) is 4.99. The fraction of sp³-hybridized carbons (Fsp3) is 0.750. The van der Waals surface area contributed by atoms with Crippen LogP contribution in [0.5, 0.6) is 0 Å². The monoisotopic (exact) mass is 278 g/mol. The van der Waals surface area contributed by atoms with Gasteiger partial charge in [-0.25, -0.2) is 0 Å². The van der Waals surface area contributed by atoms with Crippen LogP contribution in [0.3, 0.4) is 0 Å². The Morgan fingerprint density at radius 1 is 1.35 bits per heavy atom. The number of rotatable bonds is 1. The van der Waals surface area contributed by atoms with Crippen LogP contribution in [0.2, 0.25) is 0 Å². The number of hydrogen-bond acceptors (Lipinski definition) is 3. The molecule has 110 valence electrons. The second kappa shape index (κ2) is 3.86. The molecule has 0 aromatic carbocycles. The van der Waals surface area contributed by atoms with Gasteiger partial charge < -0.3 is 9.84 Å². The van der Waals surface area contributed by atoms with E-state index in [1.807, 2.05) is 26.0 Å². The van der Waals surface area contributed by atoms with Crippen molar-refractivity contribution in [3.8, 4) is 0 Å². The number of carbonyl (C=O) groups is 2. The molecular weight excluding hydrogens is 256 g/mol. The molecule has 1 saturated heterocycles. The molecule has 1 heterocycles. The molecule has 1 N–H and O–H groups in total. The number of carbonyl (C=O) groups excluding carboxylic acids is 1. The van der Waals surface area contributed by atoms with Crippen LogP contribution in [0.15, 0.2) is 12.2 Å². The average Bonchev–Trinajstić information content (AvgIpc) is 2.65. The minimum Gasteiger partial charge on any atom is -0.481 e. The van der Waals surface area contributed by atoms with Gasteiger partial charge in [0.25, 0.3) is 0 Å². The van der Waals surface area contributed by atoms with E-state index in [4.69, 9.17) is 4.74 Å². The molecule has 0 radical (unpaired) electrons. The van der Waals surface area contributed by atoms with Crippen molar-refractivity contribution in [3.63, 3.8) is 0 Å². The molecular formula is C16H22O4. The third kappa shape index (κ3) is 1.54. The smallest absolute Gasteiger partial charge is 0.309 e. The highest BCUT2D eigenvalue weighted by atomic mass is 16.6. The first-order chi connectivity index (χ1) is 9.22. The molecule has 1 unspecified atom stereocenters. The first-order valence-electron chi connectivity index (χ1n) is 7.37. The Kier molecular flexibility index (Phi) is 2.64. The van der Waals surface area contributed by atoms with Crippen LogP contribution in [-0.4, -0.2) is 22.6 Å². The maximum absolute atomic E-state index is 11.8. The molecule has 5 atom stereocenters. The highest BCUT2D eigenvalue weighted by Gasteiger charge is 2.63. The Bertz CT molecular complexity index is 511. The molecule has 0 amide bonds. The van der Waals surface area contributed by atoms with Crippen molar-refractivity contribution < 1.29 is 19.4 Å². The zero-order valence-electron chi connectivity index (χ0n) is 12.3. The normalized spacial score (nSPS) is 50.2. The van der Waals surface area contributed by atoms with Crippen LogP contribution in [0.25, 0.3) is 0 Å². The van der Waals surface area contributed by atoms with E-state index in [1.165, 1.54) is 0 Å². The van der Waals surface area contributed by atoms with Crippen LogP contribution in [0.1, 0.15) is 46.5 Å². The molecule has 0 bridgehead atoms. The van der Waals surface area contributed by atoms with Gasteiger partial charge in [0, 0.05) is 5.92 Å². The van der Waals surface area contributed by atoms with E-state index in [0.717, 1.165) is 12.8 Å². The lowest BCUT2D eigenvalue weighted by Crippen LogP contribution is -2.56. The topological polar surface area (TPSA) is 63.6 Å². The van der Waals surface area contributed by atoms with E-state index in [9.17, 15) is 14.7 Å². The quantitative estimate of drug-likeness (QED) is 0.591. The third-order valence-electron chi connectivity index (χ3n) is 6.11. The molecule has 2 aliphatic carbocycles. The van der Waals surface area contributed by atoms with Crippen LogP contribution in [0, 0.1) is 22.7 Å². The van der Waals surface area contributed by atoms with E-state index < -0.39 is 17.0 Å². The molecule has 0 aromatic heterocycles. The maximum atomic E-state index is 11.8. The molecule has 20 heavy (non-hydrogen) atoms. The van der Waals surface area contributed by atoms with E-state index >= 15 is 0 Å². The highest BCUT2D eigenvalue weighted by Crippen LogP contribution is 2.62. The Hall–Kier alpha value is -1.32. The van der Waals surface area contributed by atoms with Gasteiger partial charge in [0.15, 0.2) is 0 Å². The summed E-state index contributed by atoms with van der Waals surface area (Å²) in [6, 6.07) is 0. The Morgan fingerprint density at radius 2 is 2.05 bits per heavy atom. The molecule has 3 aliphatic rings. The molecule has 3 rings (SSSR count). The van der Waals surface area contributed by atoms with Gasteiger partial charge in [0.05, 0.1) is 11.8 Å². The summed E-state index contributed by atoms with van der Waals surface area (Å²) in [4.78, 5) is 23.5. The van der Waals surface area contributed by atoms with E-state index in [-0.39, 0.29) is 23.2 Å². The summed E-state index contributed by atoms with van der Waals surface area (Å²) >= 11 is 0. The van der Waals surface area contributed by atoms with Crippen LogP contribution >= 0.6 is 0 Å². The molecule has 2 fully saturated rings. The first kappa shape index (κ1) is 13.7. The van der Waals surface area contributed by atoms with E-state index in [1.54, 1.807) is 0 Å². The second-order valence-corrected chi connectivity index (χ2v) is 7.33. The molecule has 1 saturated carbocycles. The number of fused-ring (bicyclic) bond motifs is 3. The lowest BCUT2D eigenvalue weighted by atomic mass is 9.47. The molecule has 4 nitrogen and oxygen atoms in total. The van der Waals surface area contributed by atoms with Crippen molar-refractivity contribution >= 4 is 11.9 Å². The largest absolute Gasteiger partial charge is 0.481 e. The van der Waals surface area contributed by atoms with Crippen molar-refractivity contribution in [2.75, 3.05) is 0 Å². The van der Waals surface area contributed by atoms with Crippen molar-refractivity contribution in [1.29, 1.82) is 0 Å². The number of carboxylic acid groups (broad SMARTS) is 1. The molecule has 1 aliphatic heterocycles. The predicted octanol–water partition coefficient (Wildman–Crippen LogP) is 2.78. The standard InChI is InChI=1S/C16H22O4/c1-14-6-4-7-15(2,13(18)19)10(14)5-8-16(3)11(14)9-12(17)20-16/h5,8,10-11H,4,6-7,9H2,1-3H3,(H,18,19)/t10-,11?,14+,15+,16+/m1/s1. The van der Waals surface area contributed by atoms with Gasteiger partial charge >= 0.3 is 11.9 Å². The SMILES string of the molecule is C[C@]12C=C[C@H]3[C@@](C)(C(=O)O)CCC[C@]3(C)C1CC(=O)O2. The summed E-state index contributed by atoms with van der Waals surface area (Å²) in [5, 5.41) is 9.68. The number of carboxylic acids is 1. The van der Waals surface area contributed by atoms with Gasteiger partial charge in [0.2, 0.25) is 0 Å². The molecule has 0 spiro atoms. The van der Waals surface area contributed by atoms with Gasteiger partial charge in [-0.3, -0.25) is 9.59 Å². The fourth-order valence-electron chi connectivity index (χ4n) is 4.99. The minimum atomic E-state index is -0.740. The third-order valence-corrected chi connectivity index (χ3v) is 6.11. The Balaban J connectivity index is 2.09. The predicted molar refractivity (Wildman–Crippen MR) is 72.9 cm³/mol. The highest BCUT2D eigenvalue weighted by molar-refractivity contribution is 5.76. The summed E-state index contributed by atoms with van der Waals surface area (Å²) in [5.41, 5.74) is -1.48. The number of esters is 1. The van der Waals surface area contributed by atoms with Gasteiger partial charge in [-0.05, 0) is 44.1 Å². The lowest BCUT2D eigenvalue weighted by molar-refractivity contribution is -0.164. The minimum absolute atomic E-state index is 0.0335. The Morgan fingerprint density at radius 3 is 2.70 bits per heavy atom. The summed E-state index contributed by atoms with van der Waals surface area (Å²) < 4.78 is 5.52. The summed E-state index contributed by atoms with van der Waals surface area (Å²) in [7, 11) is 0. The van der Waals surface area contributed by atoms with Gasteiger partial charge in [-0.2, -0.15) is 0 Å². The number of allylic oxidation sites excluding steroid dienone is 1. The van der Waals surface area contributed by atoms with Crippen molar-refractivity contribution in [2.45, 2.75) is 52.1 Å².